The second kappa shape index (κ2) is 20.1. The van der Waals surface area contributed by atoms with Crippen LogP contribution in [0.25, 0.3) is 0 Å². The van der Waals surface area contributed by atoms with Crippen molar-refractivity contribution in [2.24, 2.45) is 0 Å². The first kappa shape index (κ1) is 41.3. The molecular weight excluding hydrogens is 710 g/mol. The molecule has 0 radical (unpaired) electrons. The molecule has 5 atom stereocenters. The van der Waals surface area contributed by atoms with Gasteiger partial charge in [-0.25, -0.2) is 0 Å². The molecule has 18 heteroatoms. The highest BCUT2D eigenvalue weighted by Crippen LogP contribution is 2.29. The van der Waals surface area contributed by atoms with Crippen LogP contribution in [0.15, 0.2) is 60.7 Å². The lowest BCUT2D eigenvalue weighted by atomic mass is 9.94. The number of ketones is 1. The molecule has 290 valence electrons. The number of ether oxygens (including phenoxy) is 4. The number of alkyl halides is 4. The van der Waals surface area contributed by atoms with E-state index in [4.69, 9.17) is 9.47 Å². The van der Waals surface area contributed by atoms with Gasteiger partial charge >= 0.3 is 13.2 Å². The van der Waals surface area contributed by atoms with E-state index in [1.54, 1.807) is 72.5 Å². The molecule has 0 bridgehead atoms. The monoisotopic (exact) mass is 753 g/mol. The summed E-state index contributed by atoms with van der Waals surface area (Å²) in [5, 5.41) is 9.57. The van der Waals surface area contributed by atoms with Crippen LogP contribution < -0.4 is 21.3 Å². The number of amides is 4. The first-order chi connectivity index (χ1) is 25.3. The Bertz CT molecular complexity index is 1520. The van der Waals surface area contributed by atoms with Crippen molar-refractivity contribution in [2.75, 3.05) is 52.7 Å². The van der Waals surface area contributed by atoms with Crippen LogP contribution in [0, 0.1) is 0 Å². The van der Waals surface area contributed by atoms with Crippen molar-refractivity contribution >= 4 is 29.4 Å². The second-order valence-electron chi connectivity index (χ2n) is 12.6. The van der Waals surface area contributed by atoms with Crippen LogP contribution in [0.1, 0.15) is 18.1 Å². The van der Waals surface area contributed by atoms with E-state index >= 15 is 0 Å². The third kappa shape index (κ3) is 13.8. The molecule has 0 unspecified atom stereocenters. The predicted molar refractivity (Wildman–Crippen MR) is 179 cm³/mol. The molecule has 2 saturated heterocycles. The fourth-order valence-electron chi connectivity index (χ4n) is 5.46. The van der Waals surface area contributed by atoms with Crippen LogP contribution in [-0.2, 0) is 55.8 Å². The van der Waals surface area contributed by atoms with Gasteiger partial charge in [0.1, 0.15) is 23.7 Å². The van der Waals surface area contributed by atoms with Gasteiger partial charge in [-0.15, -0.1) is 0 Å². The predicted octanol–water partition coefficient (Wildman–Crippen LogP) is 0.580. The molecule has 2 aliphatic rings. The number of Topliss-reactive ketones (excluding diaryl/α,β-unsaturated/α-hetero) is 1. The van der Waals surface area contributed by atoms with Gasteiger partial charge in [-0.3, -0.25) is 28.9 Å². The zero-order valence-electron chi connectivity index (χ0n) is 28.9. The molecule has 4 rings (SSSR count). The number of carbonyl (C=O) groups excluding carboxylic acids is 5. The second-order valence-corrected chi connectivity index (χ2v) is 12.6. The molecule has 2 fully saturated rings. The van der Waals surface area contributed by atoms with Crippen molar-refractivity contribution in [3.8, 4) is 0 Å². The highest BCUT2D eigenvalue weighted by atomic mass is 19.3. The fraction of sp³-hybridized carbons (Fsp3) is 0.514. The Kier molecular flexibility index (Phi) is 15.6. The third-order valence-corrected chi connectivity index (χ3v) is 8.46. The molecule has 2 aromatic carbocycles. The highest BCUT2D eigenvalue weighted by Gasteiger charge is 2.50. The summed E-state index contributed by atoms with van der Waals surface area (Å²) >= 11 is 0. The number of halogens is 4. The van der Waals surface area contributed by atoms with Crippen LogP contribution in [0.5, 0.6) is 0 Å². The molecule has 53 heavy (non-hydrogen) atoms. The van der Waals surface area contributed by atoms with Gasteiger partial charge in [-0.05, 0) is 24.5 Å². The maximum Gasteiger partial charge on any atom is 0.345 e. The van der Waals surface area contributed by atoms with Gasteiger partial charge in [0.05, 0.1) is 45.6 Å². The van der Waals surface area contributed by atoms with E-state index < -0.39 is 85.6 Å². The van der Waals surface area contributed by atoms with Crippen LogP contribution in [-0.4, -0.2) is 130 Å². The molecule has 0 saturated carbocycles. The summed E-state index contributed by atoms with van der Waals surface area (Å²) in [5.41, 5.74) is 0.191. The minimum Gasteiger partial charge on any atom is -0.379 e. The zero-order valence-corrected chi connectivity index (χ0v) is 28.9. The highest BCUT2D eigenvalue weighted by molar-refractivity contribution is 5.99. The van der Waals surface area contributed by atoms with E-state index in [9.17, 15) is 41.5 Å². The first-order valence-corrected chi connectivity index (χ1v) is 16.9. The lowest BCUT2D eigenvalue weighted by Crippen LogP contribution is -2.60. The molecule has 2 aromatic rings. The summed E-state index contributed by atoms with van der Waals surface area (Å²) in [7, 11) is 0. The molecule has 4 amide bonds. The van der Waals surface area contributed by atoms with Gasteiger partial charge in [0.25, 0.3) is 0 Å². The largest absolute Gasteiger partial charge is 0.379 e. The van der Waals surface area contributed by atoms with Crippen LogP contribution in [0.2, 0.25) is 0 Å². The van der Waals surface area contributed by atoms with E-state index in [2.05, 4.69) is 30.7 Å². The smallest absolute Gasteiger partial charge is 0.345 e. The molecule has 0 aromatic heterocycles. The Morgan fingerprint density at radius 2 is 1.13 bits per heavy atom. The molecule has 2 heterocycles. The minimum absolute atomic E-state index is 0.0939. The number of carbonyl (C=O) groups is 5. The van der Waals surface area contributed by atoms with E-state index in [-0.39, 0.29) is 26.0 Å². The Labute approximate surface area is 303 Å². The summed E-state index contributed by atoms with van der Waals surface area (Å²) in [5.74, 6) is -4.33. The van der Waals surface area contributed by atoms with E-state index in [0.29, 0.717) is 31.9 Å². The fourth-order valence-corrected chi connectivity index (χ4v) is 5.46. The third-order valence-electron chi connectivity index (χ3n) is 8.46. The van der Waals surface area contributed by atoms with Gasteiger partial charge in [-0.1, -0.05) is 60.7 Å². The van der Waals surface area contributed by atoms with E-state index in [1.807, 2.05) is 0 Å². The van der Waals surface area contributed by atoms with E-state index in [0.717, 1.165) is 5.56 Å². The maximum absolute atomic E-state index is 13.9. The number of nitrogens with one attached hydrogen (secondary N) is 4. The minimum atomic E-state index is -3.38. The van der Waals surface area contributed by atoms with Gasteiger partial charge < -0.3 is 40.2 Å². The molecule has 14 nitrogen and oxygen atoms in total. The van der Waals surface area contributed by atoms with Crippen LogP contribution >= 0.6 is 0 Å². The quantitative estimate of drug-likeness (QED) is 0.104. The van der Waals surface area contributed by atoms with Crippen molar-refractivity contribution in [2.45, 2.75) is 62.8 Å². The molecule has 2 aliphatic heterocycles. The number of epoxide rings is 1. The van der Waals surface area contributed by atoms with Crippen LogP contribution in [0.3, 0.4) is 0 Å². The van der Waals surface area contributed by atoms with Crippen molar-refractivity contribution < 1.29 is 60.5 Å². The average molecular weight is 754 g/mol. The summed E-state index contributed by atoms with van der Waals surface area (Å²) < 4.78 is 71.5. The molecule has 0 aliphatic carbocycles. The number of rotatable bonds is 21. The van der Waals surface area contributed by atoms with Gasteiger partial charge in [0.15, 0.2) is 5.78 Å². The van der Waals surface area contributed by atoms with Crippen molar-refractivity contribution in [3.05, 3.63) is 71.8 Å². The average Bonchev–Trinajstić information content (AvgIpc) is 3.89. The normalized spacial score (nSPS) is 19.5. The molecular formula is C35H43F4N5O9. The maximum atomic E-state index is 13.9. The Morgan fingerprint density at radius 3 is 1.62 bits per heavy atom. The van der Waals surface area contributed by atoms with E-state index in [1.165, 1.54) is 0 Å². The Hall–Kier alpha value is -4.49. The number of nitrogens with zero attached hydrogens (tertiary/aromatic N) is 1. The molecule has 0 spiro atoms. The summed E-state index contributed by atoms with van der Waals surface area (Å²) in [6.07, 6.45) is -0.0339. The number of benzene rings is 2. The van der Waals surface area contributed by atoms with Crippen molar-refractivity contribution in [1.82, 2.24) is 26.2 Å². The van der Waals surface area contributed by atoms with Crippen molar-refractivity contribution in [1.29, 1.82) is 0 Å². The SMILES string of the molecule is C[C@@]1(C(=O)[C@H](Cc2ccccc2)NC(=O)[C@H](Cc2ccccc2)NC(=O)[C@H](COC(F)F)NC(=O)[C@H](COC(F)F)NC(=O)CN2CCOCC2)CO1. The van der Waals surface area contributed by atoms with Crippen molar-refractivity contribution in [3.63, 3.8) is 0 Å². The lowest BCUT2D eigenvalue weighted by molar-refractivity contribution is -0.153. The summed E-state index contributed by atoms with van der Waals surface area (Å²) in [6, 6.07) is 11.1. The van der Waals surface area contributed by atoms with Gasteiger partial charge in [-0.2, -0.15) is 17.6 Å². The Morgan fingerprint density at radius 1 is 0.698 bits per heavy atom. The van der Waals surface area contributed by atoms with Gasteiger partial charge in [0.2, 0.25) is 23.6 Å². The van der Waals surface area contributed by atoms with Gasteiger partial charge in [0, 0.05) is 19.5 Å². The molecule has 4 N–H and O–H groups in total. The topological polar surface area (TPSA) is 177 Å². The summed E-state index contributed by atoms with van der Waals surface area (Å²) in [6.45, 7) is -5.81. The zero-order chi connectivity index (χ0) is 38.4. The number of hydrogen-bond acceptors (Lipinski definition) is 10. The Balaban J connectivity index is 1.52. The number of morpholine rings is 1. The number of hydrogen-bond donors (Lipinski definition) is 4. The first-order valence-electron chi connectivity index (χ1n) is 16.9. The standard InChI is InChI=1S/C35H43F4N5O9/c1-35(21-53-35)29(46)24(16-22-8-4-2-5-9-22)41-30(47)25(17-23-10-6-3-7-11-23)42-32(49)27(20-52-34(38)39)43-31(48)26(19-51-33(36)37)40-28(45)18-44-12-14-50-15-13-44/h2-11,24-27,33-34H,12-21H2,1H3,(H,40,45)(H,41,47)(H,42,49)(H,43,48)/t24-,25-,26-,27-,35-/m0/s1. The van der Waals surface area contributed by atoms with Crippen LogP contribution in [0.4, 0.5) is 17.6 Å². The summed E-state index contributed by atoms with van der Waals surface area (Å²) in [4.78, 5) is 68.7. The lowest BCUT2D eigenvalue weighted by Gasteiger charge is -2.28.